The van der Waals surface area contributed by atoms with Gasteiger partial charge in [0.15, 0.2) is 5.65 Å². The fourth-order valence-electron chi connectivity index (χ4n) is 1.98. The molecule has 0 atom stereocenters. The summed E-state index contributed by atoms with van der Waals surface area (Å²) in [4.78, 5) is 8.48. The number of nitrogens with one attached hydrogen (secondary N) is 1. The van der Waals surface area contributed by atoms with Gasteiger partial charge in [-0.2, -0.15) is 15.1 Å². The molecule has 6 nitrogen and oxygen atoms in total. The van der Waals surface area contributed by atoms with E-state index in [1.54, 1.807) is 30.1 Å². The molecule has 0 aliphatic heterocycles. The predicted octanol–water partition coefficient (Wildman–Crippen LogP) is 2.46. The Kier molecular flexibility index (Phi) is 3.46. The molecule has 8 heteroatoms. The number of anilines is 2. The van der Waals surface area contributed by atoms with Crippen LogP contribution in [0.1, 0.15) is 5.56 Å². The van der Waals surface area contributed by atoms with E-state index in [1.807, 2.05) is 0 Å². The van der Waals surface area contributed by atoms with Crippen molar-refractivity contribution in [1.29, 1.82) is 0 Å². The van der Waals surface area contributed by atoms with Gasteiger partial charge in [0.25, 0.3) is 0 Å². The topological polar surface area (TPSA) is 81.7 Å². The average molecular weight is 351 g/mol. The van der Waals surface area contributed by atoms with Gasteiger partial charge in [0.05, 0.1) is 11.6 Å². The molecular weight excluding hydrogens is 339 g/mol. The minimum atomic E-state index is -0.291. The van der Waals surface area contributed by atoms with Gasteiger partial charge in [-0.3, -0.25) is 4.68 Å². The van der Waals surface area contributed by atoms with Crippen LogP contribution in [0.15, 0.2) is 28.9 Å². The number of hydrogen-bond acceptors (Lipinski definition) is 5. The number of hydrogen-bond donors (Lipinski definition) is 2. The van der Waals surface area contributed by atoms with Crippen LogP contribution in [-0.2, 0) is 13.6 Å². The quantitative estimate of drug-likeness (QED) is 0.758. The van der Waals surface area contributed by atoms with Gasteiger partial charge in [0.2, 0.25) is 5.95 Å². The second kappa shape index (κ2) is 5.28. The summed E-state index contributed by atoms with van der Waals surface area (Å²) < 4.78 is 16.1. The molecule has 108 valence electrons. The molecule has 0 spiro atoms. The highest BCUT2D eigenvalue weighted by atomic mass is 79.9. The zero-order valence-corrected chi connectivity index (χ0v) is 12.7. The standard InChI is InChI=1S/C13H12BrFN6/c1-21-12-9(6-18-21)11(16)19-13(20-12)17-5-7-4-8(14)2-3-10(7)15/h2-4,6H,5H2,1H3,(H3,16,17,19,20). The van der Waals surface area contributed by atoms with Gasteiger partial charge < -0.3 is 11.1 Å². The molecule has 0 saturated heterocycles. The lowest BCUT2D eigenvalue weighted by Crippen LogP contribution is -2.07. The van der Waals surface area contributed by atoms with E-state index in [9.17, 15) is 4.39 Å². The highest BCUT2D eigenvalue weighted by molar-refractivity contribution is 9.10. The largest absolute Gasteiger partial charge is 0.383 e. The number of benzene rings is 1. The van der Waals surface area contributed by atoms with Crippen LogP contribution in [0.4, 0.5) is 16.2 Å². The van der Waals surface area contributed by atoms with E-state index in [2.05, 4.69) is 36.3 Å². The Labute approximate surface area is 128 Å². The van der Waals surface area contributed by atoms with E-state index in [-0.39, 0.29) is 12.4 Å². The van der Waals surface area contributed by atoms with E-state index >= 15 is 0 Å². The molecule has 0 amide bonds. The Balaban J connectivity index is 1.88. The first-order valence-electron chi connectivity index (χ1n) is 6.17. The van der Waals surface area contributed by atoms with Crippen molar-refractivity contribution < 1.29 is 4.39 Å². The van der Waals surface area contributed by atoms with Crippen molar-refractivity contribution >= 4 is 38.7 Å². The van der Waals surface area contributed by atoms with Gasteiger partial charge in [-0.15, -0.1) is 0 Å². The van der Waals surface area contributed by atoms with Crippen LogP contribution in [0, 0.1) is 5.82 Å². The number of rotatable bonds is 3. The first kappa shape index (κ1) is 13.7. The van der Waals surface area contributed by atoms with Crippen molar-refractivity contribution in [2.45, 2.75) is 6.54 Å². The van der Waals surface area contributed by atoms with Crippen molar-refractivity contribution in [3.05, 3.63) is 40.2 Å². The molecule has 3 rings (SSSR count). The predicted molar refractivity (Wildman–Crippen MR) is 82.1 cm³/mol. The third kappa shape index (κ3) is 2.66. The number of aromatic nitrogens is 4. The number of nitrogens with two attached hydrogens (primary N) is 1. The Morgan fingerprint density at radius 3 is 3.00 bits per heavy atom. The minimum Gasteiger partial charge on any atom is -0.383 e. The molecule has 2 heterocycles. The molecule has 1 aromatic carbocycles. The van der Waals surface area contributed by atoms with Crippen molar-refractivity contribution in [3.8, 4) is 0 Å². The van der Waals surface area contributed by atoms with E-state index in [0.717, 1.165) is 4.47 Å². The lowest BCUT2D eigenvalue weighted by molar-refractivity contribution is 0.612. The summed E-state index contributed by atoms with van der Waals surface area (Å²) in [5.74, 6) is 0.383. The second-order valence-corrected chi connectivity index (χ2v) is 5.44. The minimum absolute atomic E-state index is 0.258. The Hall–Kier alpha value is -2.22. The molecule has 0 radical (unpaired) electrons. The summed E-state index contributed by atoms with van der Waals surface area (Å²) in [6.07, 6.45) is 1.61. The fraction of sp³-hybridized carbons (Fsp3) is 0.154. The second-order valence-electron chi connectivity index (χ2n) is 4.53. The first-order valence-corrected chi connectivity index (χ1v) is 6.97. The Morgan fingerprint density at radius 1 is 1.38 bits per heavy atom. The fourth-order valence-corrected chi connectivity index (χ4v) is 2.38. The Morgan fingerprint density at radius 2 is 2.19 bits per heavy atom. The summed E-state index contributed by atoms with van der Waals surface area (Å²) in [7, 11) is 1.77. The van der Waals surface area contributed by atoms with Crippen LogP contribution in [0.3, 0.4) is 0 Å². The van der Waals surface area contributed by atoms with E-state index < -0.39 is 0 Å². The van der Waals surface area contributed by atoms with Crippen LogP contribution < -0.4 is 11.1 Å². The van der Waals surface area contributed by atoms with Crippen molar-refractivity contribution in [2.75, 3.05) is 11.1 Å². The number of fused-ring (bicyclic) bond motifs is 1. The molecule has 0 aliphatic carbocycles. The monoisotopic (exact) mass is 350 g/mol. The zero-order chi connectivity index (χ0) is 15.0. The van der Waals surface area contributed by atoms with E-state index in [4.69, 9.17) is 5.73 Å². The highest BCUT2D eigenvalue weighted by Crippen LogP contribution is 2.20. The molecule has 0 fully saturated rings. The van der Waals surface area contributed by atoms with Gasteiger partial charge in [0.1, 0.15) is 11.6 Å². The number of halogens is 2. The van der Waals surface area contributed by atoms with Crippen molar-refractivity contribution in [1.82, 2.24) is 19.7 Å². The van der Waals surface area contributed by atoms with E-state index in [1.165, 1.54) is 6.07 Å². The summed E-state index contributed by atoms with van der Waals surface area (Å²) in [6, 6.07) is 4.75. The average Bonchev–Trinajstić information content (AvgIpc) is 2.82. The van der Waals surface area contributed by atoms with Crippen molar-refractivity contribution in [2.24, 2.45) is 7.05 Å². The maximum Gasteiger partial charge on any atom is 0.226 e. The molecule has 0 bridgehead atoms. The number of nitrogen functional groups attached to an aromatic ring is 1. The van der Waals surface area contributed by atoms with Crippen LogP contribution in [0.5, 0.6) is 0 Å². The van der Waals surface area contributed by atoms with Gasteiger partial charge in [-0.25, -0.2) is 4.39 Å². The lowest BCUT2D eigenvalue weighted by Gasteiger charge is -2.08. The van der Waals surface area contributed by atoms with Gasteiger partial charge >= 0.3 is 0 Å². The van der Waals surface area contributed by atoms with E-state index in [0.29, 0.717) is 28.4 Å². The maximum absolute atomic E-state index is 13.7. The summed E-state index contributed by atoms with van der Waals surface area (Å²) in [5, 5.41) is 7.75. The van der Waals surface area contributed by atoms with Crippen molar-refractivity contribution in [3.63, 3.8) is 0 Å². The van der Waals surface area contributed by atoms with Gasteiger partial charge in [-0.1, -0.05) is 15.9 Å². The smallest absolute Gasteiger partial charge is 0.226 e. The third-order valence-corrected chi connectivity index (χ3v) is 3.56. The summed E-state index contributed by atoms with van der Waals surface area (Å²) >= 11 is 3.31. The van der Waals surface area contributed by atoms with Crippen LogP contribution >= 0.6 is 15.9 Å². The lowest BCUT2D eigenvalue weighted by atomic mass is 10.2. The normalized spacial score (nSPS) is 11.0. The molecule has 0 saturated carbocycles. The van der Waals surface area contributed by atoms with Gasteiger partial charge in [-0.05, 0) is 18.2 Å². The zero-order valence-electron chi connectivity index (χ0n) is 11.1. The molecule has 3 N–H and O–H groups in total. The Bertz CT molecular complexity index is 816. The molecule has 2 aromatic heterocycles. The number of aryl methyl sites for hydroxylation is 1. The van der Waals surface area contributed by atoms with Crippen LogP contribution in [0.2, 0.25) is 0 Å². The summed E-state index contributed by atoms with van der Waals surface area (Å²) in [6.45, 7) is 0.258. The van der Waals surface area contributed by atoms with Gasteiger partial charge in [0, 0.05) is 23.6 Å². The molecule has 21 heavy (non-hydrogen) atoms. The molecule has 0 aliphatic rings. The molecule has 0 unspecified atom stereocenters. The SMILES string of the molecule is Cn1ncc2c(N)nc(NCc3cc(Br)ccc3F)nc21. The van der Waals surface area contributed by atoms with Crippen LogP contribution in [-0.4, -0.2) is 19.7 Å². The molecular formula is C13H12BrFN6. The third-order valence-electron chi connectivity index (χ3n) is 3.07. The first-order chi connectivity index (χ1) is 10.0. The maximum atomic E-state index is 13.7. The highest BCUT2D eigenvalue weighted by Gasteiger charge is 2.10. The summed E-state index contributed by atoms with van der Waals surface area (Å²) in [5.41, 5.74) is 7.00. The number of nitrogens with zero attached hydrogens (tertiary/aromatic N) is 4. The van der Waals surface area contributed by atoms with Crippen LogP contribution in [0.25, 0.3) is 11.0 Å². The molecule has 3 aromatic rings.